The van der Waals surface area contributed by atoms with Gasteiger partial charge in [-0.15, -0.1) is 0 Å². The summed E-state index contributed by atoms with van der Waals surface area (Å²) in [5.41, 5.74) is 2.41. The summed E-state index contributed by atoms with van der Waals surface area (Å²) >= 11 is 1.71. The van der Waals surface area contributed by atoms with Crippen LogP contribution in [0, 0.1) is 0 Å². The minimum absolute atomic E-state index is 0.288. The summed E-state index contributed by atoms with van der Waals surface area (Å²) in [5.74, 6) is 0.603. The van der Waals surface area contributed by atoms with Crippen molar-refractivity contribution in [2.75, 3.05) is 22.6 Å². The van der Waals surface area contributed by atoms with Gasteiger partial charge in [-0.25, -0.2) is 8.42 Å². The number of rotatable bonds is 6. The fourth-order valence-corrected chi connectivity index (χ4v) is 3.10. The quantitative estimate of drug-likeness (QED) is 0.839. The van der Waals surface area contributed by atoms with Crippen LogP contribution in [-0.2, 0) is 15.8 Å². The Kier molecular flexibility index (Phi) is 5.68. The van der Waals surface area contributed by atoms with Crippen molar-refractivity contribution in [3.63, 3.8) is 0 Å². The summed E-state index contributed by atoms with van der Waals surface area (Å²) in [7, 11) is -3.42. The number of hydrogen-bond acceptors (Lipinski definition) is 4. The van der Waals surface area contributed by atoms with Crippen LogP contribution in [0.5, 0.6) is 0 Å². The minimum atomic E-state index is -3.42. The Morgan fingerprint density at radius 3 is 2.22 bits per heavy atom. The summed E-state index contributed by atoms with van der Waals surface area (Å²) in [6.07, 6.45) is 3.09. The van der Waals surface area contributed by atoms with Gasteiger partial charge in [0.15, 0.2) is 0 Å². The summed E-state index contributed by atoms with van der Waals surface area (Å²) in [5, 5.41) is 2.73. The lowest BCUT2D eigenvalue weighted by atomic mass is 10.1. The fraction of sp³-hybridized carbons (Fsp3) is 0.188. The Bertz CT molecular complexity index is 787. The van der Waals surface area contributed by atoms with Crippen LogP contribution in [0.1, 0.15) is 15.9 Å². The molecule has 0 aliphatic carbocycles. The van der Waals surface area contributed by atoms with Crippen molar-refractivity contribution in [1.29, 1.82) is 0 Å². The Balaban J connectivity index is 2.17. The number of carbonyl (C=O) groups excluding carboxylic acids is 1. The third-order valence-electron chi connectivity index (χ3n) is 3.00. The molecule has 2 aromatic rings. The molecular weight excluding hydrogens is 332 g/mol. The Morgan fingerprint density at radius 2 is 1.65 bits per heavy atom. The topological polar surface area (TPSA) is 75.3 Å². The first kappa shape index (κ1) is 17.4. The number of carbonyl (C=O) groups is 1. The molecule has 0 atom stereocenters. The van der Waals surface area contributed by atoms with Crippen LogP contribution >= 0.6 is 11.8 Å². The highest BCUT2D eigenvalue weighted by Gasteiger charge is 2.11. The van der Waals surface area contributed by atoms with Crippen molar-refractivity contribution >= 4 is 39.1 Å². The monoisotopic (exact) mass is 350 g/mol. The lowest BCUT2D eigenvalue weighted by Crippen LogP contribution is -2.16. The molecule has 2 N–H and O–H groups in total. The van der Waals surface area contributed by atoms with Crippen LogP contribution in [-0.4, -0.2) is 26.8 Å². The normalized spacial score (nSPS) is 11.0. The van der Waals surface area contributed by atoms with E-state index in [0.717, 1.165) is 17.6 Å². The predicted molar refractivity (Wildman–Crippen MR) is 96.5 cm³/mol. The van der Waals surface area contributed by atoms with Crippen LogP contribution in [0.25, 0.3) is 0 Å². The van der Waals surface area contributed by atoms with E-state index >= 15 is 0 Å². The largest absolute Gasteiger partial charge is 0.320 e. The minimum Gasteiger partial charge on any atom is -0.320 e. The third kappa shape index (κ3) is 5.30. The SMILES string of the molecule is CSCc1ccc(C(=O)Nc2ccccc2NS(C)(=O)=O)cc1. The van der Waals surface area contributed by atoms with Gasteiger partial charge in [0, 0.05) is 11.3 Å². The van der Waals surface area contributed by atoms with E-state index in [4.69, 9.17) is 0 Å². The van der Waals surface area contributed by atoms with Gasteiger partial charge in [0.1, 0.15) is 0 Å². The van der Waals surface area contributed by atoms with E-state index in [1.807, 2.05) is 18.4 Å². The summed E-state index contributed by atoms with van der Waals surface area (Å²) in [4.78, 5) is 12.3. The van der Waals surface area contributed by atoms with Crippen molar-refractivity contribution in [2.45, 2.75) is 5.75 Å². The lowest BCUT2D eigenvalue weighted by Gasteiger charge is -2.12. The van der Waals surface area contributed by atoms with Crippen LogP contribution in [0.4, 0.5) is 11.4 Å². The van der Waals surface area contributed by atoms with E-state index in [0.29, 0.717) is 16.9 Å². The molecule has 0 saturated heterocycles. The third-order valence-corrected chi connectivity index (χ3v) is 4.21. The van der Waals surface area contributed by atoms with Crippen molar-refractivity contribution in [3.8, 4) is 0 Å². The Labute approximate surface area is 140 Å². The fourth-order valence-electron chi connectivity index (χ4n) is 1.99. The number of hydrogen-bond donors (Lipinski definition) is 2. The second-order valence-electron chi connectivity index (χ2n) is 5.00. The standard InChI is InChI=1S/C16H18N2O3S2/c1-22-11-12-7-9-13(10-8-12)16(19)17-14-5-3-4-6-15(14)18-23(2,20)21/h3-10,18H,11H2,1-2H3,(H,17,19). The van der Waals surface area contributed by atoms with Crippen LogP contribution in [0.3, 0.4) is 0 Å². The van der Waals surface area contributed by atoms with Crippen LogP contribution in [0.15, 0.2) is 48.5 Å². The van der Waals surface area contributed by atoms with E-state index in [1.165, 1.54) is 0 Å². The van der Waals surface area contributed by atoms with Crippen molar-refractivity contribution in [2.24, 2.45) is 0 Å². The Hall–Kier alpha value is -1.99. The maximum Gasteiger partial charge on any atom is 0.255 e. The summed E-state index contributed by atoms with van der Waals surface area (Å²) < 4.78 is 25.2. The molecule has 0 unspecified atom stereocenters. The van der Waals surface area contributed by atoms with E-state index in [-0.39, 0.29) is 5.91 Å². The molecule has 1 amide bonds. The van der Waals surface area contributed by atoms with Crippen molar-refractivity contribution < 1.29 is 13.2 Å². The Morgan fingerprint density at radius 1 is 1.04 bits per heavy atom. The number of benzene rings is 2. The average molecular weight is 350 g/mol. The van der Waals surface area contributed by atoms with Gasteiger partial charge >= 0.3 is 0 Å². The van der Waals surface area contributed by atoms with Gasteiger partial charge in [-0.2, -0.15) is 11.8 Å². The molecule has 7 heteroatoms. The number of thioether (sulfide) groups is 1. The molecule has 2 aromatic carbocycles. The van der Waals surface area contributed by atoms with Gasteiger partial charge in [-0.05, 0) is 36.1 Å². The highest BCUT2D eigenvalue weighted by atomic mass is 32.2. The zero-order valence-corrected chi connectivity index (χ0v) is 14.5. The molecular formula is C16H18N2O3S2. The van der Waals surface area contributed by atoms with E-state index < -0.39 is 10.0 Å². The van der Waals surface area contributed by atoms with Gasteiger partial charge in [0.25, 0.3) is 5.91 Å². The number of amides is 1. The van der Waals surface area contributed by atoms with Gasteiger partial charge in [-0.3, -0.25) is 9.52 Å². The summed E-state index contributed by atoms with van der Waals surface area (Å²) in [6, 6.07) is 14.0. The molecule has 0 radical (unpaired) electrons. The van der Waals surface area contributed by atoms with E-state index in [2.05, 4.69) is 10.0 Å². The smallest absolute Gasteiger partial charge is 0.255 e. The number of anilines is 2. The van der Waals surface area contributed by atoms with Gasteiger partial charge < -0.3 is 5.32 Å². The van der Waals surface area contributed by atoms with Gasteiger partial charge in [0.05, 0.1) is 17.6 Å². The molecule has 0 aromatic heterocycles. The van der Waals surface area contributed by atoms with E-state index in [1.54, 1.807) is 48.2 Å². The lowest BCUT2D eigenvalue weighted by molar-refractivity contribution is 0.102. The molecule has 0 heterocycles. The highest BCUT2D eigenvalue weighted by Crippen LogP contribution is 2.22. The molecule has 5 nitrogen and oxygen atoms in total. The van der Waals surface area contributed by atoms with Gasteiger partial charge in [0.2, 0.25) is 10.0 Å². The maximum atomic E-state index is 12.3. The van der Waals surface area contributed by atoms with Crippen LogP contribution in [0.2, 0.25) is 0 Å². The maximum absolute atomic E-state index is 12.3. The first-order valence-corrected chi connectivity index (χ1v) is 10.1. The first-order valence-electron chi connectivity index (χ1n) is 6.85. The molecule has 2 rings (SSSR count). The molecule has 0 aliphatic rings. The molecule has 122 valence electrons. The van der Waals surface area contributed by atoms with Crippen LogP contribution < -0.4 is 10.0 Å². The molecule has 0 aliphatic heterocycles. The molecule has 0 bridgehead atoms. The zero-order valence-electron chi connectivity index (χ0n) is 12.9. The molecule has 0 saturated carbocycles. The average Bonchev–Trinajstić information content (AvgIpc) is 2.49. The van der Waals surface area contributed by atoms with Crippen molar-refractivity contribution in [1.82, 2.24) is 0 Å². The second kappa shape index (κ2) is 7.52. The summed E-state index contributed by atoms with van der Waals surface area (Å²) in [6.45, 7) is 0. The number of para-hydroxylation sites is 2. The van der Waals surface area contributed by atoms with Crippen molar-refractivity contribution in [3.05, 3.63) is 59.7 Å². The van der Waals surface area contributed by atoms with Gasteiger partial charge in [-0.1, -0.05) is 24.3 Å². The molecule has 0 fully saturated rings. The highest BCUT2D eigenvalue weighted by molar-refractivity contribution is 7.97. The predicted octanol–water partition coefficient (Wildman–Crippen LogP) is 3.17. The number of nitrogens with one attached hydrogen (secondary N) is 2. The first-order chi connectivity index (χ1) is 10.9. The number of sulfonamides is 1. The molecule has 0 spiro atoms. The molecule has 23 heavy (non-hydrogen) atoms. The van der Waals surface area contributed by atoms with E-state index in [9.17, 15) is 13.2 Å². The zero-order chi connectivity index (χ0) is 16.9. The second-order valence-corrected chi connectivity index (χ2v) is 7.62.